The maximum Gasteiger partial charge on any atom is 0.125 e. The van der Waals surface area contributed by atoms with Crippen molar-refractivity contribution < 1.29 is 4.84 Å². The van der Waals surface area contributed by atoms with Gasteiger partial charge in [-0.3, -0.25) is 10.3 Å². The molecule has 0 aliphatic carbocycles. The molecule has 0 aromatic carbocycles. The Morgan fingerprint density at radius 3 is 2.86 bits per heavy atom. The number of hydroxylamine groups is 1. The average Bonchev–Trinajstić information content (AvgIpc) is 1.87. The highest BCUT2D eigenvalue weighted by Crippen LogP contribution is 2.07. The summed E-state index contributed by atoms with van der Waals surface area (Å²) in [5.74, 6) is 0. The lowest BCUT2D eigenvalue weighted by molar-refractivity contribution is 0.0563. The second kappa shape index (κ2) is 1.72. The molecule has 40 valence electrons. The number of hydrogen-bond donors (Lipinski definition) is 1. The summed E-state index contributed by atoms with van der Waals surface area (Å²) in [7, 11) is 0. The van der Waals surface area contributed by atoms with Crippen LogP contribution < -0.4 is 5.48 Å². The van der Waals surface area contributed by atoms with Gasteiger partial charge in [0, 0.05) is 0 Å². The first-order valence-corrected chi connectivity index (χ1v) is 2.46. The van der Waals surface area contributed by atoms with Crippen molar-refractivity contribution in [1.29, 1.82) is 0 Å². The van der Waals surface area contributed by atoms with E-state index in [2.05, 4.69) is 5.48 Å². The molecular weight excluding hydrogens is 114 g/mol. The van der Waals surface area contributed by atoms with Gasteiger partial charge in [0.2, 0.25) is 0 Å². The number of hydrogen-bond acceptors (Lipinski definition) is 2. The molecule has 1 rings (SSSR count). The van der Waals surface area contributed by atoms with E-state index in [1.54, 1.807) is 6.08 Å². The van der Waals surface area contributed by atoms with E-state index in [1.807, 2.05) is 6.92 Å². The molecule has 0 saturated heterocycles. The van der Waals surface area contributed by atoms with Gasteiger partial charge in [-0.1, -0.05) is 11.6 Å². The molecule has 1 aliphatic rings. The Bertz CT molecular complexity index is 102. The molecule has 0 spiro atoms. The van der Waals surface area contributed by atoms with Crippen LogP contribution in [-0.2, 0) is 4.84 Å². The summed E-state index contributed by atoms with van der Waals surface area (Å²) < 4.78 is 0. The van der Waals surface area contributed by atoms with Crippen LogP contribution >= 0.6 is 11.6 Å². The fraction of sp³-hybridized carbons (Fsp3) is 0.500. The van der Waals surface area contributed by atoms with E-state index in [1.165, 1.54) is 0 Å². The van der Waals surface area contributed by atoms with E-state index in [0.29, 0.717) is 5.16 Å². The van der Waals surface area contributed by atoms with E-state index >= 15 is 0 Å². The minimum absolute atomic E-state index is 0.118. The van der Waals surface area contributed by atoms with Crippen molar-refractivity contribution in [3.05, 3.63) is 11.2 Å². The van der Waals surface area contributed by atoms with Crippen molar-refractivity contribution >= 4 is 11.6 Å². The fourth-order valence-electron chi connectivity index (χ4n) is 0.423. The van der Waals surface area contributed by atoms with Gasteiger partial charge in [0.15, 0.2) is 0 Å². The zero-order chi connectivity index (χ0) is 5.28. The SMILES string of the molecule is CC1C=C(Cl)NO1. The Labute approximate surface area is 47.1 Å². The van der Waals surface area contributed by atoms with Crippen LogP contribution in [0.4, 0.5) is 0 Å². The minimum Gasteiger partial charge on any atom is -0.268 e. The van der Waals surface area contributed by atoms with Crippen LogP contribution in [0.15, 0.2) is 11.2 Å². The molecule has 2 nitrogen and oxygen atoms in total. The highest BCUT2D eigenvalue weighted by molar-refractivity contribution is 6.29. The molecule has 1 N–H and O–H groups in total. The summed E-state index contributed by atoms with van der Waals surface area (Å²) in [6.07, 6.45) is 1.91. The van der Waals surface area contributed by atoms with Crippen molar-refractivity contribution in [3.63, 3.8) is 0 Å². The molecule has 0 radical (unpaired) electrons. The molecule has 0 bridgehead atoms. The quantitative estimate of drug-likeness (QED) is 0.480. The third-order valence-corrected chi connectivity index (χ3v) is 0.926. The number of halogens is 1. The maximum absolute atomic E-state index is 5.43. The molecule has 0 aromatic rings. The van der Waals surface area contributed by atoms with Crippen LogP contribution in [0.1, 0.15) is 6.92 Å². The van der Waals surface area contributed by atoms with Gasteiger partial charge >= 0.3 is 0 Å². The number of nitrogens with one attached hydrogen (secondary N) is 1. The smallest absolute Gasteiger partial charge is 0.125 e. The lowest BCUT2D eigenvalue weighted by atomic mass is 10.4. The van der Waals surface area contributed by atoms with E-state index in [4.69, 9.17) is 16.4 Å². The van der Waals surface area contributed by atoms with Gasteiger partial charge in [-0.2, -0.15) is 0 Å². The highest BCUT2D eigenvalue weighted by Gasteiger charge is 2.06. The van der Waals surface area contributed by atoms with Crippen LogP contribution in [0.25, 0.3) is 0 Å². The Hall–Kier alpha value is -0.210. The lowest BCUT2D eigenvalue weighted by Crippen LogP contribution is -2.06. The van der Waals surface area contributed by atoms with Crippen LogP contribution in [0, 0.1) is 0 Å². The average molecular weight is 120 g/mol. The monoisotopic (exact) mass is 119 g/mol. The van der Waals surface area contributed by atoms with Gasteiger partial charge in [0.25, 0.3) is 0 Å². The molecule has 1 unspecified atom stereocenters. The Balaban J connectivity index is 2.50. The number of rotatable bonds is 0. The van der Waals surface area contributed by atoms with Gasteiger partial charge in [-0.25, -0.2) is 0 Å². The summed E-state index contributed by atoms with van der Waals surface area (Å²) in [6.45, 7) is 1.91. The molecule has 1 heterocycles. The molecule has 0 fully saturated rings. The topological polar surface area (TPSA) is 21.3 Å². The summed E-state index contributed by atoms with van der Waals surface area (Å²) in [4.78, 5) is 4.79. The molecule has 3 heteroatoms. The molecule has 1 atom stereocenters. The predicted molar refractivity (Wildman–Crippen MR) is 27.6 cm³/mol. The maximum atomic E-state index is 5.43. The molecule has 1 aliphatic heterocycles. The van der Waals surface area contributed by atoms with Crippen molar-refractivity contribution in [2.45, 2.75) is 13.0 Å². The predicted octanol–water partition coefficient (Wildman–Crippen LogP) is 0.990. The Morgan fingerprint density at radius 2 is 2.71 bits per heavy atom. The van der Waals surface area contributed by atoms with Crippen molar-refractivity contribution in [3.8, 4) is 0 Å². The largest absolute Gasteiger partial charge is 0.268 e. The normalized spacial score (nSPS) is 29.4. The first kappa shape index (κ1) is 4.94. The summed E-state index contributed by atoms with van der Waals surface area (Å²) in [6, 6.07) is 0. The highest BCUT2D eigenvalue weighted by atomic mass is 35.5. The van der Waals surface area contributed by atoms with Crippen molar-refractivity contribution in [2.75, 3.05) is 0 Å². The second-order valence-corrected chi connectivity index (χ2v) is 1.85. The Kier molecular flexibility index (Phi) is 1.21. The van der Waals surface area contributed by atoms with E-state index < -0.39 is 0 Å². The van der Waals surface area contributed by atoms with Gasteiger partial charge < -0.3 is 0 Å². The minimum atomic E-state index is 0.118. The van der Waals surface area contributed by atoms with Gasteiger partial charge in [-0.15, -0.1) is 0 Å². The van der Waals surface area contributed by atoms with Crippen molar-refractivity contribution in [2.24, 2.45) is 0 Å². The van der Waals surface area contributed by atoms with Crippen LogP contribution in [0.5, 0.6) is 0 Å². The van der Waals surface area contributed by atoms with E-state index in [0.717, 1.165) is 0 Å². The second-order valence-electron chi connectivity index (χ2n) is 1.44. The zero-order valence-corrected chi connectivity index (χ0v) is 4.70. The summed E-state index contributed by atoms with van der Waals surface area (Å²) >= 11 is 5.43. The lowest BCUT2D eigenvalue weighted by Gasteiger charge is -1.94. The van der Waals surface area contributed by atoms with Crippen LogP contribution in [0.2, 0.25) is 0 Å². The molecule has 0 aromatic heterocycles. The third-order valence-electron chi connectivity index (χ3n) is 0.723. The zero-order valence-electron chi connectivity index (χ0n) is 3.94. The summed E-state index contributed by atoms with van der Waals surface area (Å²) in [5.41, 5.74) is 2.50. The Morgan fingerprint density at radius 1 is 2.00 bits per heavy atom. The first-order chi connectivity index (χ1) is 3.29. The van der Waals surface area contributed by atoms with Crippen LogP contribution in [-0.4, -0.2) is 6.10 Å². The van der Waals surface area contributed by atoms with E-state index in [9.17, 15) is 0 Å². The molecule has 0 saturated carbocycles. The first-order valence-electron chi connectivity index (χ1n) is 2.08. The van der Waals surface area contributed by atoms with Gasteiger partial charge in [-0.05, 0) is 13.0 Å². The summed E-state index contributed by atoms with van der Waals surface area (Å²) in [5, 5.41) is 0.576. The van der Waals surface area contributed by atoms with Crippen LogP contribution in [0.3, 0.4) is 0 Å². The van der Waals surface area contributed by atoms with E-state index in [-0.39, 0.29) is 6.10 Å². The van der Waals surface area contributed by atoms with Crippen molar-refractivity contribution in [1.82, 2.24) is 5.48 Å². The standard InChI is InChI=1S/C4H6ClNO/c1-3-2-4(5)6-7-3/h2-3,6H,1H3. The third kappa shape index (κ3) is 1.08. The molecule has 0 amide bonds. The fourth-order valence-corrected chi connectivity index (χ4v) is 0.645. The van der Waals surface area contributed by atoms with Gasteiger partial charge in [0.1, 0.15) is 11.3 Å². The molecule has 7 heavy (non-hydrogen) atoms. The van der Waals surface area contributed by atoms with Gasteiger partial charge in [0.05, 0.1) is 0 Å². The molecular formula is C4H6ClNO.